The van der Waals surface area contributed by atoms with Crippen LogP contribution in [0.5, 0.6) is 0 Å². The van der Waals surface area contributed by atoms with E-state index in [2.05, 4.69) is 15.5 Å². The van der Waals surface area contributed by atoms with Crippen LogP contribution in [0.1, 0.15) is 58.3 Å². The van der Waals surface area contributed by atoms with Gasteiger partial charge in [-0.1, -0.05) is 11.2 Å². The molecule has 0 bridgehead atoms. The lowest BCUT2D eigenvalue weighted by Gasteiger charge is -2.13. The van der Waals surface area contributed by atoms with E-state index in [0.717, 1.165) is 23.4 Å². The van der Waals surface area contributed by atoms with E-state index in [1.807, 2.05) is 37.4 Å². The van der Waals surface area contributed by atoms with Gasteiger partial charge < -0.3 is 9.84 Å². The maximum absolute atomic E-state index is 12.8. The van der Waals surface area contributed by atoms with Crippen molar-refractivity contribution in [1.82, 2.24) is 15.5 Å². The standard InChI is InChI=1S/C17H17N3O2S/c1-9(14-4-3-7-23-14)18-16(21)12-8-13(11-5-6-11)19-17-15(12)10(2)20-22-17/h3-4,7-9,11H,5-6H2,1-2H3,(H,18,21)/t9-/m1/s1. The number of aromatic nitrogens is 2. The van der Waals surface area contributed by atoms with Gasteiger partial charge in [-0.15, -0.1) is 11.3 Å². The number of fused-ring (bicyclic) bond motifs is 1. The first-order valence-electron chi connectivity index (χ1n) is 7.74. The van der Waals surface area contributed by atoms with Crippen molar-refractivity contribution in [2.75, 3.05) is 0 Å². The molecule has 0 aliphatic heterocycles. The second-order valence-electron chi connectivity index (χ2n) is 6.03. The lowest BCUT2D eigenvalue weighted by molar-refractivity contribution is 0.0942. The summed E-state index contributed by atoms with van der Waals surface area (Å²) >= 11 is 1.64. The first-order chi connectivity index (χ1) is 11.1. The quantitative estimate of drug-likeness (QED) is 0.787. The Labute approximate surface area is 137 Å². The van der Waals surface area contributed by atoms with E-state index in [0.29, 0.717) is 28.3 Å². The molecule has 1 fully saturated rings. The predicted octanol–water partition coefficient (Wildman–Crippen LogP) is 3.96. The molecule has 6 heteroatoms. The van der Waals surface area contributed by atoms with Gasteiger partial charge in [0.25, 0.3) is 11.6 Å². The van der Waals surface area contributed by atoms with Crippen LogP contribution in [0.15, 0.2) is 28.1 Å². The normalized spacial score (nSPS) is 15.7. The van der Waals surface area contributed by atoms with Crippen LogP contribution in [0.25, 0.3) is 11.1 Å². The number of nitrogens with one attached hydrogen (secondary N) is 1. The molecule has 23 heavy (non-hydrogen) atoms. The number of carbonyl (C=O) groups is 1. The third-order valence-corrected chi connectivity index (χ3v) is 5.25. The Morgan fingerprint density at radius 3 is 3.00 bits per heavy atom. The molecular weight excluding hydrogens is 310 g/mol. The second kappa shape index (κ2) is 5.45. The topological polar surface area (TPSA) is 68.0 Å². The molecule has 0 unspecified atom stereocenters. The maximum atomic E-state index is 12.8. The number of carbonyl (C=O) groups excluding carboxylic acids is 1. The number of aryl methyl sites for hydroxylation is 1. The third-order valence-electron chi connectivity index (χ3n) is 4.19. The van der Waals surface area contributed by atoms with E-state index in [1.54, 1.807) is 11.3 Å². The minimum absolute atomic E-state index is 0.0322. The summed E-state index contributed by atoms with van der Waals surface area (Å²) in [5.74, 6) is 0.345. The zero-order valence-electron chi connectivity index (χ0n) is 13.0. The van der Waals surface area contributed by atoms with Crippen LogP contribution in [0.2, 0.25) is 0 Å². The van der Waals surface area contributed by atoms with Crippen LogP contribution < -0.4 is 5.32 Å². The second-order valence-corrected chi connectivity index (χ2v) is 7.01. The Morgan fingerprint density at radius 1 is 1.48 bits per heavy atom. The van der Waals surface area contributed by atoms with Gasteiger partial charge in [-0.05, 0) is 44.2 Å². The molecule has 0 saturated heterocycles. The Kier molecular flexibility index (Phi) is 3.41. The number of hydrogen-bond donors (Lipinski definition) is 1. The molecule has 1 N–H and O–H groups in total. The van der Waals surface area contributed by atoms with Crippen LogP contribution in [0, 0.1) is 6.92 Å². The fourth-order valence-corrected chi connectivity index (χ4v) is 3.50. The van der Waals surface area contributed by atoms with Crippen molar-refractivity contribution in [3.05, 3.63) is 45.4 Å². The van der Waals surface area contributed by atoms with E-state index >= 15 is 0 Å². The van der Waals surface area contributed by atoms with Crippen molar-refractivity contribution < 1.29 is 9.32 Å². The molecule has 3 aromatic rings. The molecule has 3 heterocycles. The van der Waals surface area contributed by atoms with Gasteiger partial charge in [-0.3, -0.25) is 4.79 Å². The summed E-state index contributed by atoms with van der Waals surface area (Å²) in [7, 11) is 0. The summed E-state index contributed by atoms with van der Waals surface area (Å²) in [5, 5.41) is 9.77. The number of rotatable bonds is 4. The summed E-state index contributed by atoms with van der Waals surface area (Å²) in [4.78, 5) is 18.5. The molecule has 1 saturated carbocycles. The van der Waals surface area contributed by atoms with E-state index in [4.69, 9.17) is 4.52 Å². The smallest absolute Gasteiger partial charge is 0.259 e. The highest BCUT2D eigenvalue weighted by molar-refractivity contribution is 7.10. The van der Waals surface area contributed by atoms with Gasteiger partial charge in [0.15, 0.2) is 0 Å². The number of amides is 1. The molecule has 4 rings (SSSR count). The predicted molar refractivity (Wildman–Crippen MR) is 88.7 cm³/mol. The molecule has 5 nitrogen and oxygen atoms in total. The van der Waals surface area contributed by atoms with Gasteiger partial charge in [-0.2, -0.15) is 0 Å². The van der Waals surface area contributed by atoms with Crippen LogP contribution in [0.4, 0.5) is 0 Å². The molecular formula is C17H17N3O2S. The third kappa shape index (κ3) is 2.63. The van der Waals surface area contributed by atoms with Crippen molar-refractivity contribution in [2.45, 2.75) is 38.6 Å². The minimum atomic E-state index is -0.105. The molecule has 0 spiro atoms. The number of hydrogen-bond acceptors (Lipinski definition) is 5. The SMILES string of the molecule is Cc1noc2nc(C3CC3)cc(C(=O)N[C@H](C)c3cccs3)c12. The van der Waals surface area contributed by atoms with Crippen molar-refractivity contribution >= 4 is 28.3 Å². The number of thiophene rings is 1. The summed E-state index contributed by atoms with van der Waals surface area (Å²) in [5.41, 5.74) is 2.70. The Balaban J connectivity index is 1.71. The largest absolute Gasteiger partial charge is 0.345 e. The monoisotopic (exact) mass is 327 g/mol. The molecule has 0 radical (unpaired) electrons. The fourth-order valence-electron chi connectivity index (χ4n) is 2.76. The highest BCUT2D eigenvalue weighted by Gasteiger charge is 2.29. The molecule has 1 atom stereocenters. The molecule has 0 aromatic carbocycles. The Morgan fingerprint density at radius 2 is 2.30 bits per heavy atom. The Bertz CT molecular complexity index is 865. The molecule has 1 aliphatic rings. The van der Waals surface area contributed by atoms with Gasteiger partial charge in [0.1, 0.15) is 0 Å². The van der Waals surface area contributed by atoms with Gasteiger partial charge in [-0.25, -0.2) is 4.98 Å². The fraction of sp³-hybridized carbons (Fsp3) is 0.353. The average Bonchev–Trinajstić information content (AvgIpc) is 3.11. The first-order valence-corrected chi connectivity index (χ1v) is 8.62. The number of pyridine rings is 1. The highest BCUT2D eigenvalue weighted by atomic mass is 32.1. The van der Waals surface area contributed by atoms with Crippen LogP contribution in [-0.4, -0.2) is 16.0 Å². The van der Waals surface area contributed by atoms with Crippen molar-refractivity contribution in [1.29, 1.82) is 0 Å². The maximum Gasteiger partial charge on any atom is 0.259 e. The lowest BCUT2D eigenvalue weighted by atomic mass is 10.1. The van der Waals surface area contributed by atoms with Crippen LogP contribution >= 0.6 is 11.3 Å². The van der Waals surface area contributed by atoms with Gasteiger partial charge >= 0.3 is 0 Å². The molecule has 3 aromatic heterocycles. The highest BCUT2D eigenvalue weighted by Crippen LogP contribution is 2.40. The minimum Gasteiger partial charge on any atom is -0.345 e. The molecule has 1 aliphatic carbocycles. The van der Waals surface area contributed by atoms with Crippen molar-refractivity contribution in [3.63, 3.8) is 0 Å². The average molecular weight is 327 g/mol. The summed E-state index contributed by atoms with van der Waals surface area (Å²) < 4.78 is 5.30. The number of nitrogens with zero attached hydrogens (tertiary/aromatic N) is 2. The van der Waals surface area contributed by atoms with Crippen molar-refractivity contribution in [2.24, 2.45) is 0 Å². The van der Waals surface area contributed by atoms with Crippen molar-refractivity contribution in [3.8, 4) is 0 Å². The summed E-state index contributed by atoms with van der Waals surface area (Å²) in [6.45, 7) is 3.83. The lowest BCUT2D eigenvalue weighted by Crippen LogP contribution is -2.26. The zero-order chi connectivity index (χ0) is 16.0. The first kappa shape index (κ1) is 14.4. The van der Waals surface area contributed by atoms with Crippen LogP contribution in [-0.2, 0) is 0 Å². The van der Waals surface area contributed by atoms with E-state index in [-0.39, 0.29) is 11.9 Å². The van der Waals surface area contributed by atoms with Gasteiger partial charge in [0.2, 0.25) is 0 Å². The Hall–Kier alpha value is -2.21. The van der Waals surface area contributed by atoms with E-state index in [9.17, 15) is 4.79 Å². The summed E-state index contributed by atoms with van der Waals surface area (Å²) in [6.07, 6.45) is 2.25. The van der Waals surface area contributed by atoms with Crippen LogP contribution in [0.3, 0.4) is 0 Å². The van der Waals surface area contributed by atoms with Gasteiger partial charge in [0.05, 0.1) is 22.7 Å². The summed E-state index contributed by atoms with van der Waals surface area (Å²) in [6, 6.07) is 5.89. The van der Waals surface area contributed by atoms with E-state index in [1.165, 1.54) is 0 Å². The molecule has 1 amide bonds. The molecule has 118 valence electrons. The van der Waals surface area contributed by atoms with Gasteiger partial charge in [0, 0.05) is 16.5 Å². The van der Waals surface area contributed by atoms with E-state index < -0.39 is 0 Å². The zero-order valence-corrected chi connectivity index (χ0v) is 13.8.